The van der Waals surface area contributed by atoms with E-state index in [0.29, 0.717) is 6.61 Å². The Labute approximate surface area is 140 Å². The van der Waals surface area contributed by atoms with E-state index in [2.05, 4.69) is 47.2 Å². The van der Waals surface area contributed by atoms with Crippen molar-refractivity contribution in [1.29, 1.82) is 0 Å². The fourth-order valence-corrected chi connectivity index (χ4v) is 2.85. The van der Waals surface area contributed by atoms with Crippen LogP contribution in [0.4, 0.5) is 5.69 Å². The number of nitrogens with two attached hydrogens (primary N) is 1. The maximum absolute atomic E-state index is 5.90. The van der Waals surface area contributed by atoms with E-state index in [4.69, 9.17) is 10.5 Å². The van der Waals surface area contributed by atoms with E-state index in [9.17, 15) is 0 Å². The zero-order chi connectivity index (χ0) is 16.4. The fourth-order valence-electron chi connectivity index (χ4n) is 2.85. The molecule has 3 heteroatoms. The van der Waals surface area contributed by atoms with Crippen LogP contribution < -0.4 is 10.5 Å². The highest BCUT2D eigenvalue weighted by atomic mass is 16.5. The first kappa shape index (κ1) is 14.4. The van der Waals surface area contributed by atoms with Gasteiger partial charge in [0.2, 0.25) is 0 Å². The number of benzene rings is 3. The molecule has 118 valence electrons. The fraction of sp³-hybridized carbons (Fsp3) is 0.0476. The molecule has 4 rings (SSSR count). The molecule has 3 nitrogen and oxygen atoms in total. The molecule has 0 saturated carbocycles. The molecule has 0 atom stereocenters. The van der Waals surface area contributed by atoms with Crippen molar-refractivity contribution in [1.82, 2.24) is 4.57 Å². The highest BCUT2D eigenvalue weighted by Gasteiger charge is 2.05. The number of aromatic nitrogens is 1. The van der Waals surface area contributed by atoms with Gasteiger partial charge in [-0.3, -0.25) is 0 Å². The molecule has 0 fully saturated rings. The number of nitrogen functional groups attached to an aromatic ring is 1. The Kier molecular flexibility index (Phi) is 3.67. The summed E-state index contributed by atoms with van der Waals surface area (Å²) >= 11 is 0. The second-order valence-electron chi connectivity index (χ2n) is 5.78. The quantitative estimate of drug-likeness (QED) is 0.550. The third kappa shape index (κ3) is 2.84. The van der Waals surface area contributed by atoms with Gasteiger partial charge in [-0.1, -0.05) is 36.4 Å². The molecule has 3 aromatic carbocycles. The molecule has 0 spiro atoms. The van der Waals surface area contributed by atoms with Crippen molar-refractivity contribution >= 4 is 16.6 Å². The van der Waals surface area contributed by atoms with Crippen LogP contribution in [0.5, 0.6) is 5.75 Å². The van der Waals surface area contributed by atoms with E-state index in [1.54, 1.807) is 0 Å². The summed E-state index contributed by atoms with van der Waals surface area (Å²) < 4.78 is 8.04. The summed E-state index contributed by atoms with van der Waals surface area (Å²) in [4.78, 5) is 0. The number of ether oxygens (including phenoxy) is 1. The van der Waals surface area contributed by atoms with Gasteiger partial charge >= 0.3 is 0 Å². The third-order valence-electron chi connectivity index (χ3n) is 4.06. The van der Waals surface area contributed by atoms with Crippen molar-refractivity contribution in [2.75, 3.05) is 5.73 Å². The number of nitrogens with zero attached hydrogens (tertiary/aromatic N) is 1. The topological polar surface area (TPSA) is 40.2 Å². The smallest absolute Gasteiger partial charge is 0.120 e. The van der Waals surface area contributed by atoms with Crippen molar-refractivity contribution < 1.29 is 4.74 Å². The highest BCUT2D eigenvalue weighted by molar-refractivity contribution is 5.83. The van der Waals surface area contributed by atoms with Crippen LogP contribution in [0.15, 0.2) is 85.1 Å². The molecule has 1 heterocycles. The summed E-state index contributed by atoms with van der Waals surface area (Å²) in [5.41, 5.74) is 10.0. The zero-order valence-electron chi connectivity index (χ0n) is 13.2. The van der Waals surface area contributed by atoms with Crippen LogP contribution in [0.25, 0.3) is 16.6 Å². The molecule has 2 N–H and O–H groups in total. The van der Waals surface area contributed by atoms with Crippen LogP contribution >= 0.6 is 0 Å². The van der Waals surface area contributed by atoms with Crippen LogP contribution in [0, 0.1) is 0 Å². The molecule has 4 aromatic rings. The summed E-state index contributed by atoms with van der Waals surface area (Å²) in [5.74, 6) is 0.872. The minimum absolute atomic E-state index is 0.572. The van der Waals surface area contributed by atoms with Gasteiger partial charge in [-0.05, 0) is 48.0 Å². The predicted octanol–water partition coefficient (Wildman–Crippen LogP) is 4.79. The van der Waals surface area contributed by atoms with Crippen molar-refractivity contribution in [3.63, 3.8) is 0 Å². The van der Waals surface area contributed by atoms with Crippen LogP contribution in [0.3, 0.4) is 0 Å². The largest absolute Gasteiger partial charge is 0.489 e. The third-order valence-corrected chi connectivity index (χ3v) is 4.06. The molecule has 0 radical (unpaired) electrons. The number of fused-ring (bicyclic) bond motifs is 1. The lowest BCUT2D eigenvalue weighted by atomic mass is 10.2. The standard InChI is InChI=1S/C21H18N2O/c22-18-7-4-8-19(14-18)23-12-11-17-13-20(9-10-21(17)23)24-15-16-5-2-1-3-6-16/h1-14H,15,22H2. The van der Waals surface area contributed by atoms with Crippen molar-refractivity contribution in [3.05, 3.63) is 90.6 Å². The first-order chi connectivity index (χ1) is 11.8. The van der Waals surface area contributed by atoms with Gasteiger partial charge in [0.25, 0.3) is 0 Å². The molecule has 0 saturated heterocycles. The van der Waals surface area contributed by atoms with E-state index in [1.165, 1.54) is 0 Å². The summed E-state index contributed by atoms with van der Waals surface area (Å²) in [7, 11) is 0. The molecule has 0 unspecified atom stereocenters. The maximum atomic E-state index is 5.90. The molecule has 1 aromatic heterocycles. The van der Waals surface area contributed by atoms with Gasteiger partial charge < -0.3 is 15.0 Å². The molecular weight excluding hydrogens is 296 g/mol. The Balaban J connectivity index is 1.61. The normalized spacial score (nSPS) is 10.8. The van der Waals surface area contributed by atoms with Gasteiger partial charge in [-0.15, -0.1) is 0 Å². The second kappa shape index (κ2) is 6.13. The second-order valence-corrected chi connectivity index (χ2v) is 5.78. The number of anilines is 1. The Morgan fingerprint density at radius 3 is 2.54 bits per heavy atom. The minimum atomic E-state index is 0.572. The molecule has 0 aliphatic rings. The molecular formula is C21H18N2O. The summed E-state index contributed by atoms with van der Waals surface area (Å²) in [6, 6.07) is 26.3. The molecule has 0 aliphatic carbocycles. The lowest BCUT2D eigenvalue weighted by Gasteiger charge is -2.09. The monoisotopic (exact) mass is 314 g/mol. The zero-order valence-corrected chi connectivity index (χ0v) is 13.2. The number of hydrogen-bond acceptors (Lipinski definition) is 2. The van der Waals surface area contributed by atoms with Crippen molar-refractivity contribution in [3.8, 4) is 11.4 Å². The van der Waals surface area contributed by atoms with E-state index in [0.717, 1.165) is 33.6 Å². The average molecular weight is 314 g/mol. The van der Waals surface area contributed by atoms with Crippen LogP contribution in [-0.4, -0.2) is 4.57 Å². The van der Waals surface area contributed by atoms with Crippen LogP contribution in [0.1, 0.15) is 5.56 Å². The van der Waals surface area contributed by atoms with Gasteiger partial charge in [0.1, 0.15) is 12.4 Å². The van der Waals surface area contributed by atoms with Gasteiger partial charge in [0, 0.05) is 23.0 Å². The van der Waals surface area contributed by atoms with E-state index in [-0.39, 0.29) is 0 Å². The number of rotatable bonds is 4. The first-order valence-corrected chi connectivity index (χ1v) is 7.93. The lowest BCUT2D eigenvalue weighted by molar-refractivity contribution is 0.306. The van der Waals surface area contributed by atoms with Crippen LogP contribution in [-0.2, 0) is 6.61 Å². The van der Waals surface area contributed by atoms with Gasteiger partial charge in [-0.2, -0.15) is 0 Å². The number of hydrogen-bond donors (Lipinski definition) is 1. The molecule has 0 aliphatic heterocycles. The van der Waals surface area contributed by atoms with E-state index in [1.807, 2.05) is 42.5 Å². The molecule has 0 bridgehead atoms. The van der Waals surface area contributed by atoms with Gasteiger partial charge in [-0.25, -0.2) is 0 Å². The van der Waals surface area contributed by atoms with E-state index >= 15 is 0 Å². The Morgan fingerprint density at radius 2 is 1.71 bits per heavy atom. The van der Waals surface area contributed by atoms with Crippen molar-refractivity contribution in [2.24, 2.45) is 0 Å². The molecule has 24 heavy (non-hydrogen) atoms. The lowest BCUT2D eigenvalue weighted by Crippen LogP contribution is -1.96. The summed E-state index contributed by atoms with van der Waals surface area (Å²) in [5, 5.41) is 1.14. The average Bonchev–Trinajstić information content (AvgIpc) is 3.04. The summed E-state index contributed by atoms with van der Waals surface area (Å²) in [6.07, 6.45) is 2.06. The van der Waals surface area contributed by atoms with Crippen molar-refractivity contribution in [2.45, 2.75) is 6.61 Å². The van der Waals surface area contributed by atoms with Gasteiger partial charge in [0.05, 0.1) is 5.52 Å². The van der Waals surface area contributed by atoms with E-state index < -0.39 is 0 Å². The summed E-state index contributed by atoms with van der Waals surface area (Å²) in [6.45, 7) is 0.572. The maximum Gasteiger partial charge on any atom is 0.120 e. The Bertz CT molecular complexity index is 973. The Morgan fingerprint density at radius 1 is 0.833 bits per heavy atom. The predicted molar refractivity (Wildman–Crippen MR) is 98.5 cm³/mol. The van der Waals surface area contributed by atoms with Gasteiger partial charge in [0.15, 0.2) is 0 Å². The first-order valence-electron chi connectivity index (χ1n) is 7.93. The Hall–Kier alpha value is -3.20. The van der Waals surface area contributed by atoms with Crippen LogP contribution in [0.2, 0.25) is 0 Å². The molecule has 0 amide bonds. The highest BCUT2D eigenvalue weighted by Crippen LogP contribution is 2.26. The minimum Gasteiger partial charge on any atom is -0.489 e. The SMILES string of the molecule is Nc1cccc(-n2ccc3cc(OCc4ccccc4)ccc32)c1.